The zero-order chi connectivity index (χ0) is 14.8. The molecule has 0 amide bonds. The quantitative estimate of drug-likeness (QED) is 0.874. The Bertz CT molecular complexity index is 485. The van der Waals surface area contributed by atoms with Gasteiger partial charge in [0.25, 0.3) is 0 Å². The van der Waals surface area contributed by atoms with Gasteiger partial charge in [-0.2, -0.15) is 0 Å². The summed E-state index contributed by atoms with van der Waals surface area (Å²) in [7, 11) is 4.04. The molecule has 1 aliphatic rings. The van der Waals surface area contributed by atoms with Crippen molar-refractivity contribution in [3.05, 3.63) is 29.8 Å². The summed E-state index contributed by atoms with van der Waals surface area (Å²) in [4.78, 5) is 12.8. The van der Waals surface area contributed by atoms with E-state index >= 15 is 0 Å². The lowest BCUT2D eigenvalue weighted by atomic mass is 9.90. The molecule has 0 bridgehead atoms. The van der Waals surface area contributed by atoms with Crippen molar-refractivity contribution in [2.45, 2.75) is 18.9 Å². The number of aromatic nitrogens is 1. The molecule has 0 spiro atoms. The average Bonchev–Trinajstić information content (AvgIpc) is 2.75. The summed E-state index contributed by atoms with van der Waals surface area (Å²) in [6.07, 6.45) is 2.08. The van der Waals surface area contributed by atoms with Gasteiger partial charge in [-0.05, 0) is 32.6 Å². The third-order valence-corrected chi connectivity index (χ3v) is 3.86. The third kappa shape index (κ3) is 2.60. The van der Waals surface area contributed by atoms with E-state index in [1.54, 1.807) is 6.07 Å². The van der Waals surface area contributed by atoms with Crippen LogP contribution in [0.15, 0.2) is 23.3 Å². The van der Waals surface area contributed by atoms with Crippen LogP contribution in [0.2, 0.25) is 0 Å². The van der Waals surface area contributed by atoms with Gasteiger partial charge in [0.2, 0.25) is 0 Å². The van der Waals surface area contributed by atoms with Gasteiger partial charge in [0.05, 0.1) is 18.4 Å². The molecule has 6 heteroatoms. The van der Waals surface area contributed by atoms with Gasteiger partial charge < -0.3 is 15.5 Å². The van der Waals surface area contributed by atoms with Crippen molar-refractivity contribution < 1.29 is 4.39 Å². The van der Waals surface area contributed by atoms with Crippen LogP contribution in [-0.2, 0) is 5.54 Å². The summed E-state index contributed by atoms with van der Waals surface area (Å²) in [6, 6.07) is 3.17. The lowest BCUT2D eigenvalue weighted by Crippen LogP contribution is -2.51. The Kier molecular flexibility index (Phi) is 4.23. The number of nitrogens with zero attached hydrogens (tertiary/aromatic N) is 4. The van der Waals surface area contributed by atoms with Crippen LogP contribution in [0.25, 0.3) is 0 Å². The molecule has 1 aromatic heterocycles. The van der Waals surface area contributed by atoms with Crippen LogP contribution >= 0.6 is 0 Å². The van der Waals surface area contributed by atoms with Crippen LogP contribution < -0.4 is 5.73 Å². The molecule has 0 aliphatic carbocycles. The highest BCUT2D eigenvalue weighted by molar-refractivity contribution is 5.81. The van der Waals surface area contributed by atoms with Gasteiger partial charge in [-0.3, -0.25) is 9.98 Å². The highest BCUT2D eigenvalue weighted by Crippen LogP contribution is 2.34. The van der Waals surface area contributed by atoms with Gasteiger partial charge >= 0.3 is 0 Å². The van der Waals surface area contributed by atoms with Crippen LogP contribution in [0.1, 0.15) is 19.0 Å². The lowest BCUT2D eigenvalue weighted by Gasteiger charge is -2.38. The number of rotatable bonds is 5. The number of hydrogen-bond donors (Lipinski definition) is 1. The monoisotopic (exact) mass is 279 g/mol. The van der Waals surface area contributed by atoms with E-state index in [0.717, 1.165) is 25.2 Å². The van der Waals surface area contributed by atoms with Crippen molar-refractivity contribution in [3.63, 3.8) is 0 Å². The number of aliphatic imine (C=N–C) groups is 1. The summed E-state index contributed by atoms with van der Waals surface area (Å²) in [5, 5.41) is 0. The van der Waals surface area contributed by atoms with Gasteiger partial charge in [0.15, 0.2) is 5.96 Å². The second-order valence-electron chi connectivity index (χ2n) is 5.38. The summed E-state index contributed by atoms with van der Waals surface area (Å²) in [6.45, 7) is 4.30. The molecule has 2 N–H and O–H groups in total. The molecule has 1 aliphatic heterocycles. The fourth-order valence-corrected chi connectivity index (χ4v) is 2.58. The third-order valence-electron chi connectivity index (χ3n) is 3.86. The maximum atomic E-state index is 13.1. The van der Waals surface area contributed by atoms with Crippen molar-refractivity contribution in [2.24, 2.45) is 10.7 Å². The predicted octanol–water partition coefficient (Wildman–Crippen LogP) is 1.02. The number of nitrogens with two attached hydrogens (primary N) is 1. The molecule has 0 aromatic carbocycles. The summed E-state index contributed by atoms with van der Waals surface area (Å²) >= 11 is 0. The van der Waals surface area contributed by atoms with E-state index in [9.17, 15) is 4.39 Å². The normalized spacial score (nSPS) is 22.4. The fourth-order valence-electron chi connectivity index (χ4n) is 2.58. The molecule has 2 rings (SSSR count). The van der Waals surface area contributed by atoms with Gasteiger partial charge in [-0.15, -0.1) is 0 Å². The summed E-state index contributed by atoms with van der Waals surface area (Å²) < 4.78 is 13.1. The number of hydrogen-bond acceptors (Lipinski definition) is 5. The van der Waals surface area contributed by atoms with E-state index in [-0.39, 0.29) is 11.4 Å². The van der Waals surface area contributed by atoms with Crippen molar-refractivity contribution in [3.8, 4) is 0 Å². The minimum atomic E-state index is -0.353. The predicted molar refractivity (Wildman–Crippen MR) is 77.9 cm³/mol. The van der Waals surface area contributed by atoms with E-state index in [0.29, 0.717) is 12.5 Å². The first-order valence-electron chi connectivity index (χ1n) is 6.84. The standard InChI is InChI=1S/C14H22FN5/c1-4-14(12-6-5-11(15)9-17-12)10-18-13(16)20(14)8-7-19(2)3/h5-6,9H,4,7-8,10H2,1-3H3,(H2,16,18). The Morgan fingerprint density at radius 2 is 2.20 bits per heavy atom. The van der Waals surface area contributed by atoms with Gasteiger partial charge in [0.1, 0.15) is 11.4 Å². The number of pyridine rings is 1. The fraction of sp³-hybridized carbons (Fsp3) is 0.571. The minimum absolute atomic E-state index is 0.327. The molecule has 20 heavy (non-hydrogen) atoms. The molecular formula is C14H22FN5. The molecule has 1 aromatic rings. The zero-order valence-corrected chi connectivity index (χ0v) is 12.3. The first-order valence-corrected chi connectivity index (χ1v) is 6.84. The molecule has 1 atom stereocenters. The number of likely N-dealkylation sites (N-methyl/N-ethyl adjacent to an activating group) is 1. The van der Waals surface area contributed by atoms with Crippen molar-refractivity contribution in [2.75, 3.05) is 33.7 Å². The highest BCUT2D eigenvalue weighted by Gasteiger charge is 2.43. The van der Waals surface area contributed by atoms with E-state index in [4.69, 9.17) is 5.73 Å². The van der Waals surface area contributed by atoms with E-state index < -0.39 is 0 Å². The SMILES string of the molecule is CCC1(c2ccc(F)cn2)CN=C(N)N1CCN(C)C. The molecule has 2 heterocycles. The molecule has 0 saturated heterocycles. The van der Waals surface area contributed by atoms with Gasteiger partial charge in [-0.1, -0.05) is 6.92 Å². The van der Waals surface area contributed by atoms with E-state index in [1.807, 2.05) is 14.1 Å². The second kappa shape index (κ2) is 5.75. The van der Waals surface area contributed by atoms with Crippen molar-refractivity contribution in [1.82, 2.24) is 14.8 Å². The largest absolute Gasteiger partial charge is 0.370 e. The summed E-state index contributed by atoms with van der Waals surface area (Å²) in [5.74, 6) is 0.214. The van der Waals surface area contributed by atoms with Crippen LogP contribution in [0.5, 0.6) is 0 Å². The number of guanidine groups is 1. The van der Waals surface area contributed by atoms with E-state index in [1.165, 1.54) is 12.3 Å². The Morgan fingerprint density at radius 3 is 2.75 bits per heavy atom. The van der Waals surface area contributed by atoms with E-state index in [2.05, 4.69) is 26.7 Å². The smallest absolute Gasteiger partial charge is 0.192 e. The Balaban J connectivity index is 2.30. The van der Waals surface area contributed by atoms with Crippen LogP contribution in [0.3, 0.4) is 0 Å². The molecule has 5 nitrogen and oxygen atoms in total. The topological polar surface area (TPSA) is 57.8 Å². The van der Waals surface area contributed by atoms with Crippen molar-refractivity contribution >= 4 is 5.96 Å². The molecule has 0 fully saturated rings. The second-order valence-corrected chi connectivity index (χ2v) is 5.38. The van der Waals surface area contributed by atoms with Crippen LogP contribution in [0, 0.1) is 5.82 Å². The van der Waals surface area contributed by atoms with Gasteiger partial charge in [0, 0.05) is 13.1 Å². The molecule has 0 saturated carbocycles. The molecular weight excluding hydrogens is 257 g/mol. The summed E-state index contributed by atoms with van der Waals surface area (Å²) in [5.41, 5.74) is 6.51. The van der Waals surface area contributed by atoms with Gasteiger partial charge in [-0.25, -0.2) is 4.39 Å². The molecule has 110 valence electrons. The van der Waals surface area contributed by atoms with Crippen molar-refractivity contribution in [1.29, 1.82) is 0 Å². The van der Waals surface area contributed by atoms with Crippen LogP contribution in [-0.4, -0.2) is 54.5 Å². The first kappa shape index (κ1) is 14.7. The average molecular weight is 279 g/mol. The van der Waals surface area contributed by atoms with Crippen LogP contribution in [0.4, 0.5) is 4.39 Å². The Hall–Kier alpha value is -1.69. The highest BCUT2D eigenvalue weighted by atomic mass is 19.1. The number of halogens is 1. The zero-order valence-electron chi connectivity index (χ0n) is 12.3. The Labute approximate surface area is 119 Å². The maximum absolute atomic E-state index is 13.1. The Morgan fingerprint density at radius 1 is 1.45 bits per heavy atom. The maximum Gasteiger partial charge on any atom is 0.192 e. The lowest BCUT2D eigenvalue weighted by molar-refractivity contribution is 0.173. The molecule has 0 radical (unpaired) electrons. The minimum Gasteiger partial charge on any atom is -0.370 e. The molecule has 1 unspecified atom stereocenters. The first-order chi connectivity index (χ1) is 9.49.